The van der Waals surface area contributed by atoms with Gasteiger partial charge in [-0.2, -0.15) is 0 Å². The molecule has 0 saturated heterocycles. The Morgan fingerprint density at radius 3 is 2.31 bits per heavy atom. The predicted octanol–water partition coefficient (Wildman–Crippen LogP) is 2.73. The third-order valence-corrected chi connectivity index (χ3v) is 3.22. The molecule has 0 spiro atoms. The van der Waals surface area contributed by atoms with Crippen LogP contribution in [0.3, 0.4) is 0 Å². The van der Waals surface area contributed by atoms with E-state index < -0.39 is 0 Å². The Balaban J connectivity index is 1.61. The van der Waals surface area contributed by atoms with Crippen LogP contribution in [0.1, 0.15) is 38.5 Å². The van der Waals surface area contributed by atoms with E-state index in [0.29, 0.717) is 0 Å². The second-order valence-electron chi connectivity index (χ2n) is 4.59. The van der Waals surface area contributed by atoms with Gasteiger partial charge in [-0.3, -0.25) is 0 Å². The van der Waals surface area contributed by atoms with Crippen molar-refractivity contribution < 1.29 is 0 Å². The zero-order valence-corrected chi connectivity index (χ0v) is 8.47. The lowest BCUT2D eigenvalue weighted by atomic mass is 10.1. The summed E-state index contributed by atoms with van der Waals surface area (Å²) in [6, 6.07) is 0.879. The summed E-state index contributed by atoms with van der Waals surface area (Å²) in [5.74, 6) is 2.08. The molecule has 2 aliphatic rings. The third kappa shape index (κ3) is 2.84. The van der Waals surface area contributed by atoms with Crippen LogP contribution in [-0.4, -0.2) is 12.6 Å². The molecule has 0 aromatic rings. The number of allylic oxidation sites excluding steroid dienone is 1. The van der Waals surface area contributed by atoms with E-state index in [2.05, 4.69) is 11.9 Å². The van der Waals surface area contributed by atoms with Gasteiger partial charge in [0, 0.05) is 6.04 Å². The molecule has 1 N–H and O–H groups in total. The Morgan fingerprint density at radius 1 is 1.23 bits per heavy atom. The fraction of sp³-hybridized carbons (Fsp3) is 0.833. The maximum Gasteiger partial charge on any atom is 0.0124 e. The molecule has 0 unspecified atom stereocenters. The summed E-state index contributed by atoms with van der Waals surface area (Å²) in [7, 11) is 0. The normalized spacial score (nSPS) is 22.2. The lowest BCUT2D eigenvalue weighted by molar-refractivity contribution is 0.415. The molecule has 74 valence electrons. The van der Waals surface area contributed by atoms with Gasteiger partial charge in [-0.25, -0.2) is 0 Å². The number of hydrogen-bond donors (Lipinski definition) is 1. The Bertz CT molecular complexity index is 156. The molecule has 0 aliphatic heterocycles. The predicted molar refractivity (Wildman–Crippen MR) is 56.7 cm³/mol. The molecule has 1 nitrogen and oxygen atoms in total. The molecule has 0 atom stereocenters. The van der Waals surface area contributed by atoms with Crippen molar-refractivity contribution in [2.24, 2.45) is 11.8 Å². The van der Waals surface area contributed by atoms with Gasteiger partial charge in [0.2, 0.25) is 0 Å². The van der Waals surface area contributed by atoms with Crippen LogP contribution in [0, 0.1) is 11.8 Å². The topological polar surface area (TPSA) is 12.0 Å². The van der Waals surface area contributed by atoms with E-state index in [1.807, 2.05) is 6.08 Å². The van der Waals surface area contributed by atoms with E-state index >= 15 is 0 Å². The van der Waals surface area contributed by atoms with Gasteiger partial charge >= 0.3 is 0 Å². The fourth-order valence-corrected chi connectivity index (χ4v) is 2.14. The molecular weight excluding hydrogens is 158 g/mol. The molecule has 2 fully saturated rings. The maximum absolute atomic E-state index is 3.74. The number of unbranched alkanes of at least 4 members (excludes halogenated alkanes) is 1. The summed E-state index contributed by atoms with van der Waals surface area (Å²) < 4.78 is 0. The van der Waals surface area contributed by atoms with Gasteiger partial charge in [-0.1, -0.05) is 6.08 Å². The highest BCUT2D eigenvalue weighted by atomic mass is 14.9. The minimum atomic E-state index is 0.879. The fourth-order valence-electron chi connectivity index (χ4n) is 2.14. The second kappa shape index (κ2) is 4.28. The lowest BCUT2D eigenvalue weighted by Gasteiger charge is -2.17. The highest BCUT2D eigenvalue weighted by Crippen LogP contribution is 2.44. The summed E-state index contributed by atoms with van der Waals surface area (Å²) in [5.41, 5.74) is 0. The van der Waals surface area contributed by atoms with Crippen molar-refractivity contribution in [3.63, 3.8) is 0 Å². The van der Waals surface area contributed by atoms with Crippen LogP contribution < -0.4 is 5.32 Å². The summed E-state index contributed by atoms with van der Waals surface area (Å²) in [5, 5.41) is 3.73. The van der Waals surface area contributed by atoms with Crippen molar-refractivity contribution in [2.45, 2.75) is 44.6 Å². The van der Waals surface area contributed by atoms with Gasteiger partial charge in [0.25, 0.3) is 0 Å². The lowest BCUT2D eigenvalue weighted by Crippen LogP contribution is -2.33. The van der Waals surface area contributed by atoms with Crippen molar-refractivity contribution in [1.82, 2.24) is 5.32 Å². The van der Waals surface area contributed by atoms with Gasteiger partial charge in [0.1, 0.15) is 0 Å². The van der Waals surface area contributed by atoms with Gasteiger partial charge < -0.3 is 5.32 Å². The minimum Gasteiger partial charge on any atom is -0.313 e. The van der Waals surface area contributed by atoms with Crippen LogP contribution in [0.15, 0.2) is 12.7 Å². The first-order chi connectivity index (χ1) is 6.42. The smallest absolute Gasteiger partial charge is 0.0124 e. The van der Waals surface area contributed by atoms with Crippen LogP contribution in [-0.2, 0) is 0 Å². The number of hydrogen-bond acceptors (Lipinski definition) is 1. The molecule has 0 aromatic heterocycles. The molecule has 13 heavy (non-hydrogen) atoms. The first kappa shape index (κ1) is 9.26. The summed E-state index contributed by atoms with van der Waals surface area (Å²) in [6.07, 6.45) is 10.4. The van der Waals surface area contributed by atoms with Crippen LogP contribution in [0.5, 0.6) is 0 Å². The molecule has 0 aromatic carbocycles. The third-order valence-electron chi connectivity index (χ3n) is 3.22. The highest BCUT2D eigenvalue weighted by Gasteiger charge is 2.40. The monoisotopic (exact) mass is 179 g/mol. The van der Waals surface area contributed by atoms with E-state index in [1.54, 1.807) is 0 Å². The van der Waals surface area contributed by atoms with E-state index in [-0.39, 0.29) is 0 Å². The van der Waals surface area contributed by atoms with Gasteiger partial charge in [0.05, 0.1) is 0 Å². The molecule has 0 radical (unpaired) electrons. The molecular formula is C12H21N. The zero-order valence-electron chi connectivity index (χ0n) is 8.47. The van der Waals surface area contributed by atoms with E-state index in [1.165, 1.54) is 38.6 Å². The van der Waals surface area contributed by atoms with E-state index in [4.69, 9.17) is 0 Å². The molecule has 2 rings (SSSR count). The van der Waals surface area contributed by atoms with Crippen molar-refractivity contribution in [1.29, 1.82) is 0 Å². The quantitative estimate of drug-likeness (QED) is 0.468. The average Bonchev–Trinajstić information content (AvgIpc) is 2.99. The van der Waals surface area contributed by atoms with Crippen LogP contribution in [0.25, 0.3) is 0 Å². The largest absolute Gasteiger partial charge is 0.313 e. The molecule has 2 aliphatic carbocycles. The van der Waals surface area contributed by atoms with Crippen molar-refractivity contribution >= 4 is 0 Å². The first-order valence-electron chi connectivity index (χ1n) is 5.76. The number of nitrogens with one attached hydrogen (secondary N) is 1. The Labute approximate surface area is 81.6 Å². The summed E-state index contributed by atoms with van der Waals surface area (Å²) >= 11 is 0. The molecule has 0 heterocycles. The second-order valence-corrected chi connectivity index (χ2v) is 4.59. The van der Waals surface area contributed by atoms with Crippen LogP contribution in [0.2, 0.25) is 0 Å². The maximum atomic E-state index is 3.74. The standard InChI is InChI=1S/C12H21N/c1-2-3-4-9-13-12(10-5-6-10)11-7-8-11/h2,10-13H,1,3-9H2. The molecule has 2 saturated carbocycles. The van der Waals surface area contributed by atoms with E-state index in [9.17, 15) is 0 Å². The van der Waals surface area contributed by atoms with Crippen LogP contribution >= 0.6 is 0 Å². The number of rotatable bonds is 7. The average molecular weight is 179 g/mol. The Morgan fingerprint density at radius 2 is 1.85 bits per heavy atom. The Hall–Kier alpha value is -0.300. The van der Waals surface area contributed by atoms with Crippen molar-refractivity contribution in [3.05, 3.63) is 12.7 Å². The molecule has 0 bridgehead atoms. The van der Waals surface area contributed by atoms with Crippen LogP contribution in [0.4, 0.5) is 0 Å². The molecule has 1 heteroatoms. The van der Waals surface area contributed by atoms with Gasteiger partial charge in [0.15, 0.2) is 0 Å². The first-order valence-corrected chi connectivity index (χ1v) is 5.76. The molecule has 0 amide bonds. The van der Waals surface area contributed by atoms with E-state index in [0.717, 1.165) is 24.3 Å². The van der Waals surface area contributed by atoms with Gasteiger partial charge in [-0.05, 0) is 56.9 Å². The van der Waals surface area contributed by atoms with Gasteiger partial charge in [-0.15, -0.1) is 6.58 Å². The Kier molecular flexibility index (Phi) is 3.05. The minimum absolute atomic E-state index is 0.879. The SMILES string of the molecule is C=CCCCNC(C1CC1)C1CC1. The summed E-state index contributed by atoms with van der Waals surface area (Å²) in [6.45, 7) is 4.94. The van der Waals surface area contributed by atoms with Crippen molar-refractivity contribution in [2.75, 3.05) is 6.54 Å². The highest BCUT2D eigenvalue weighted by molar-refractivity contribution is 4.96. The zero-order chi connectivity index (χ0) is 9.10. The van der Waals surface area contributed by atoms with Crippen molar-refractivity contribution in [3.8, 4) is 0 Å². The summed E-state index contributed by atoms with van der Waals surface area (Å²) in [4.78, 5) is 0.